The molecule has 0 aliphatic carbocycles. The number of hydrogen-bond acceptors (Lipinski definition) is 4. The summed E-state index contributed by atoms with van der Waals surface area (Å²) in [6, 6.07) is 7.57. The maximum absolute atomic E-state index is 6.19. The highest BCUT2D eigenvalue weighted by molar-refractivity contribution is 8.00. The molecular formula is C12H8Cl2N4S. The summed E-state index contributed by atoms with van der Waals surface area (Å²) in [4.78, 5) is 8.57. The van der Waals surface area contributed by atoms with Gasteiger partial charge in [0.15, 0.2) is 10.8 Å². The van der Waals surface area contributed by atoms with Crippen molar-refractivity contribution >= 4 is 46.0 Å². The van der Waals surface area contributed by atoms with Crippen LogP contribution in [0.2, 0.25) is 5.02 Å². The van der Waals surface area contributed by atoms with E-state index >= 15 is 0 Å². The molecule has 1 N–H and O–H groups in total. The molecule has 0 aliphatic heterocycles. The van der Waals surface area contributed by atoms with Gasteiger partial charge in [0, 0.05) is 16.8 Å². The molecule has 1 aromatic carbocycles. The Bertz CT molecular complexity index is 729. The van der Waals surface area contributed by atoms with Gasteiger partial charge in [0.25, 0.3) is 0 Å². The highest BCUT2D eigenvalue weighted by Gasteiger charge is 2.12. The molecule has 0 radical (unpaired) electrons. The molecule has 4 nitrogen and oxygen atoms in total. The van der Waals surface area contributed by atoms with Gasteiger partial charge in [0.1, 0.15) is 0 Å². The number of nitrogens with zero attached hydrogens (tertiary/aromatic N) is 3. The summed E-state index contributed by atoms with van der Waals surface area (Å²) in [5.74, 6) is 0. The summed E-state index contributed by atoms with van der Waals surface area (Å²) in [6.07, 6.45) is 1.74. The lowest BCUT2D eigenvalue weighted by Crippen LogP contribution is -1.86. The molecule has 0 fully saturated rings. The van der Waals surface area contributed by atoms with Crippen molar-refractivity contribution in [1.82, 2.24) is 20.2 Å². The zero-order valence-corrected chi connectivity index (χ0v) is 11.9. The average Bonchev–Trinajstić information content (AvgIpc) is 2.83. The molecule has 19 heavy (non-hydrogen) atoms. The second-order valence-electron chi connectivity index (χ2n) is 3.72. The van der Waals surface area contributed by atoms with Gasteiger partial charge in [-0.1, -0.05) is 41.6 Å². The Labute approximate surface area is 123 Å². The summed E-state index contributed by atoms with van der Waals surface area (Å²) in [6.45, 7) is 0. The van der Waals surface area contributed by atoms with Crippen molar-refractivity contribution in [3.05, 3.63) is 35.5 Å². The number of nitrogens with one attached hydrogen (secondary N) is 1. The maximum atomic E-state index is 6.19. The molecule has 7 heteroatoms. The van der Waals surface area contributed by atoms with Crippen molar-refractivity contribution in [2.45, 2.75) is 5.16 Å². The minimum absolute atomic E-state index is 0.410. The highest BCUT2D eigenvalue weighted by Crippen LogP contribution is 2.31. The Morgan fingerprint density at radius 1 is 1.26 bits per heavy atom. The van der Waals surface area contributed by atoms with E-state index in [-0.39, 0.29) is 0 Å². The van der Waals surface area contributed by atoms with E-state index in [1.165, 1.54) is 11.8 Å². The van der Waals surface area contributed by atoms with E-state index in [4.69, 9.17) is 23.2 Å². The molecule has 3 aromatic rings. The second kappa shape index (κ2) is 5.36. The van der Waals surface area contributed by atoms with Gasteiger partial charge in [0.05, 0.1) is 16.3 Å². The van der Waals surface area contributed by atoms with Crippen molar-refractivity contribution in [2.75, 3.05) is 5.21 Å². The van der Waals surface area contributed by atoms with Crippen LogP contribution in [0.1, 0.15) is 0 Å². The van der Waals surface area contributed by atoms with Crippen molar-refractivity contribution in [1.29, 1.82) is 0 Å². The molecule has 2 aromatic heterocycles. The van der Waals surface area contributed by atoms with Crippen LogP contribution in [0.5, 0.6) is 0 Å². The lowest BCUT2D eigenvalue weighted by Gasteiger charge is -2.01. The first kappa shape index (κ1) is 12.7. The van der Waals surface area contributed by atoms with E-state index in [2.05, 4.69) is 20.2 Å². The van der Waals surface area contributed by atoms with Crippen molar-refractivity contribution in [3.63, 3.8) is 0 Å². The van der Waals surface area contributed by atoms with Gasteiger partial charge >= 0.3 is 0 Å². The molecule has 96 valence electrons. The predicted molar refractivity (Wildman–Crippen MR) is 78.7 cm³/mol. The Balaban J connectivity index is 2.14. The molecule has 0 aliphatic rings. The zero-order valence-electron chi connectivity index (χ0n) is 9.60. The van der Waals surface area contributed by atoms with Crippen molar-refractivity contribution in [2.24, 2.45) is 0 Å². The van der Waals surface area contributed by atoms with Gasteiger partial charge in [-0.15, -0.1) is 11.6 Å². The summed E-state index contributed by atoms with van der Waals surface area (Å²) < 4.78 is 0. The topological polar surface area (TPSA) is 54.5 Å². The van der Waals surface area contributed by atoms with E-state index in [9.17, 15) is 0 Å². The number of benzene rings is 1. The Hall–Kier alpha value is -1.30. The number of hydrogen-bond donors (Lipinski definition) is 1. The number of aromatic nitrogens is 4. The third-order valence-electron chi connectivity index (χ3n) is 2.62. The number of fused-ring (bicyclic) bond motifs is 1. The van der Waals surface area contributed by atoms with Crippen LogP contribution in [0.25, 0.3) is 22.3 Å². The Kier molecular flexibility index (Phi) is 3.59. The number of aromatic amines is 1. The standard InChI is InChI=1S/C12H8Cl2N4S/c13-6-19-12-15-5-8-10(17-18-11(8)16-12)7-3-1-2-4-9(7)14/h1-5H,6H2,(H,15,16,17,18). The number of thioether (sulfide) groups is 1. The highest BCUT2D eigenvalue weighted by atomic mass is 35.5. The number of H-pyrrole nitrogens is 1. The van der Waals surface area contributed by atoms with Gasteiger partial charge in [-0.25, -0.2) is 9.97 Å². The zero-order chi connectivity index (χ0) is 13.2. The summed E-state index contributed by atoms with van der Waals surface area (Å²) >= 11 is 13.2. The van der Waals surface area contributed by atoms with E-state index in [0.29, 0.717) is 21.0 Å². The van der Waals surface area contributed by atoms with Crippen LogP contribution in [0.4, 0.5) is 0 Å². The van der Waals surface area contributed by atoms with E-state index in [0.717, 1.165) is 16.6 Å². The molecule has 2 heterocycles. The number of halogens is 2. The summed E-state index contributed by atoms with van der Waals surface area (Å²) in [7, 11) is 0. The first-order valence-electron chi connectivity index (χ1n) is 5.44. The molecule has 0 spiro atoms. The van der Waals surface area contributed by atoms with Gasteiger partial charge in [-0.3, -0.25) is 5.10 Å². The third-order valence-corrected chi connectivity index (χ3v) is 3.84. The average molecular weight is 311 g/mol. The van der Waals surface area contributed by atoms with Gasteiger partial charge in [-0.2, -0.15) is 5.10 Å². The fraction of sp³-hybridized carbons (Fsp3) is 0.0833. The lowest BCUT2D eigenvalue weighted by atomic mass is 10.1. The molecule has 0 saturated heterocycles. The SMILES string of the molecule is ClCSc1ncc2c(-c3ccccc3Cl)[nH]nc2n1. The smallest absolute Gasteiger partial charge is 0.190 e. The van der Waals surface area contributed by atoms with Crippen LogP contribution in [-0.2, 0) is 0 Å². The normalized spacial score (nSPS) is 11.1. The fourth-order valence-electron chi connectivity index (χ4n) is 1.78. The quantitative estimate of drug-likeness (QED) is 0.452. The Morgan fingerprint density at radius 3 is 2.89 bits per heavy atom. The van der Waals surface area contributed by atoms with E-state index in [1.54, 1.807) is 6.20 Å². The van der Waals surface area contributed by atoms with Crippen LogP contribution in [0.15, 0.2) is 35.6 Å². The lowest BCUT2D eigenvalue weighted by molar-refractivity contribution is 0.984. The largest absolute Gasteiger partial charge is 0.275 e. The third kappa shape index (κ3) is 2.41. The van der Waals surface area contributed by atoms with Gasteiger partial charge in [0.2, 0.25) is 0 Å². The molecule has 0 unspecified atom stereocenters. The molecule has 0 saturated carbocycles. The van der Waals surface area contributed by atoms with Crippen LogP contribution in [0, 0.1) is 0 Å². The van der Waals surface area contributed by atoms with Gasteiger partial charge < -0.3 is 0 Å². The summed E-state index contributed by atoms with van der Waals surface area (Å²) in [5.41, 5.74) is 2.31. The predicted octanol–water partition coefficient (Wildman–Crippen LogP) is 3.96. The van der Waals surface area contributed by atoms with Crippen LogP contribution in [0.3, 0.4) is 0 Å². The first-order valence-corrected chi connectivity index (χ1v) is 7.34. The molecule has 3 rings (SSSR count). The van der Waals surface area contributed by atoms with Crippen LogP contribution < -0.4 is 0 Å². The monoisotopic (exact) mass is 310 g/mol. The first-order chi connectivity index (χ1) is 9.29. The van der Waals surface area contributed by atoms with Gasteiger partial charge in [-0.05, 0) is 6.07 Å². The summed E-state index contributed by atoms with van der Waals surface area (Å²) in [5, 5.41) is 9.67. The van der Waals surface area contributed by atoms with Crippen LogP contribution in [-0.4, -0.2) is 25.4 Å². The second-order valence-corrected chi connectivity index (χ2v) is 5.66. The maximum Gasteiger partial charge on any atom is 0.190 e. The minimum Gasteiger partial charge on any atom is -0.275 e. The van der Waals surface area contributed by atoms with E-state index in [1.807, 2.05) is 24.3 Å². The fourth-order valence-corrected chi connectivity index (χ4v) is 2.67. The molecular weight excluding hydrogens is 303 g/mol. The van der Waals surface area contributed by atoms with E-state index < -0.39 is 0 Å². The molecule has 0 bridgehead atoms. The number of rotatable bonds is 3. The Morgan fingerprint density at radius 2 is 2.11 bits per heavy atom. The number of alkyl halides is 1. The molecule has 0 amide bonds. The van der Waals surface area contributed by atoms with Crippen LogP contribution >= 0.6 is 35.0 Å². The van der Waals surface area contributed by atoms with Crippen molar-refractivity contribution < 1.29 is 0 Å². The molecule has 0 atom stereocenters. The minimum atomic E-state index is 0.410. The van der Waals surface area contributed by atoms with Crippen molar-refractivity contribution in [3.8, 4) is 11.3 Å².